The quantitative estimate of drug-likeness (QED) is 0.363. The largest absolute Gasteiger partial charge is 0.423 e. The molecule has 0 spiro atoms. The predicted octanol–water partition coefficient (Wildman–Crippen LogP) is 4.42. The van der Waals surface area contributed by atoms with Crippen molar-refractivity contribution in [1.82, 2.24) is 0 Å². The molecule has 0 aromatic heterocycles. The van der Waals surface area contributed by atoms with Gasteiger partial charge in [-0.1, -0.05) is 45.0 Å². The minimum Gasteiger partial charge on any atom is -0.423 e. The van der Waals surface area contributed by atoms with Crippen molar-refractivity contribution in [1.29, 1.82) is 0 Å². The van der Waals surface area contributed by atoms with Crippen molar-refractivity contribution >= 4 is 18.3 Å². The third-order valence-corrected chi connectivity index (χ3v) is 3.42. The molecule has 0 heterocycles. The molecule has 0 bridgehead atoms. The molecule has 0 N–H and O–H groups in total. The number of hydrogen-bond acceptors (Lipinski definition) is 3. The Hall–Kier alpha value is -2.68. The fourth-order valence-electron chi connectivity index (χ4n) is 2.02. The molecule has 0 saturated heterocycles. The van der Waals surface area contributed by atoms with Gasteiger partial charge in [-0.3, -0.25) is 4.79 Å². The zero-order valence-corrected chi connectivity index (χ0v) is 13.6. The van der Waals surface area contributed by atoms with Crippen LogP contribution in [0.4, 0.5) is 0 Å². The van der Waals surface area contributed by atoms with Gasteiger partial charge in [0.1, 0.15) is 12.0 Å². The normalized spacial score (nSPS) is 11.4. The third kappa shape index (κ3) is 4.92. The molecule has 2 rings (SSSR count). The number of hydrogen-bond donors (Lipinski definition) is 0. The minimum absolute atomic E-state index is 0.106. The Morgan fingerprint density at radius 2 is 1.48 bits per heavy atom. The zero-order valence-electron chi connectivity index (χ0n) is 13.6. The van der Waals surface area contributed by atoms with E-state index in [1.54, 1.807) is 30.3 Å². The van der Waals surface area contributed by atoms with E-state index >= 15 is 0 Å². The average Bonchev–Trinajstić information content (AvgIpc) is 2.53. The zero-order chi connectivity index (χ0) is 16.9. The van der Waals surface area contributed by atoms with Gasteiger partial charge in [0.05, 0.1) is 0 Å². The fourth-order valence-corrected chi connectivity index (χ4v) is 2.02. The first-order valence-corrected chi connectivity index (χ1v) is 7.44. The van der Waals surface area contributed by atoms with Crippen molar-refractivity contribution in [3.8, 4) is 5.75 Å². The van der Waals surface area contributed by atoms with E-state index in [1.165, 1.54) is 11.6 Å². The van der Waals surface area contributed by atoms with E-state index in [4.69, 9.17) is 4.74 Å². The maximum Gasteiger partial charge on any atom is 0.336 e. The maximum atomic E-state index is 11.8. The summed E-state index contributed by atoms with van der Waals surface area (Å²) in [5, 5.41) is 0. The highest BCUT2D eigenvalue weighted by Crippen LogP contribution is 2.22. The molecule has 2 aromatic rings. The van der Waals surface area contributed by atoms with Gasteiger partial charge in [-0.2, -0.15) is 0 Å². The Morgan fingerprint density at radius 3 is 2.00 bits per heavy atom. The highest BCUT2D eigenvalue weighted by atomic mass is 16.5. The lowest BCUT2D eigenvalue weighted by Crippen LogP contribution is -2.10. The number of carbonyl (C=O) groups excluding carboxylic acids is 2. The summed E-state index contributed by atoms with van der Waals surface area (Å²) in [4.78, 5) is 22.4. The van der Waals surface area contributed by atoms with Gasteiger partial charge >= 0.3 is 5.97 Å². The first kappa shape index (κ1) is 16.7. The molecule has 0 aliphatic carbocycles. The molecule has 0 aliphatic heterocycles. The van der Waals surface area contributed by atoms with E-state index in [9.17, 15) is 9.59 Å². The van der Waals surface area contributed by atoms with Crippen LogP contribution in [0.2, 0.25) is 0 Å². The van der Waals surface area contributed by atoms with E-state index in [0.29, 0.717) is 11.3 Å². The summed E-state index contributed by atoms with van der Waals surface area (Å²) in [6.45, 7) is 6.47. The summed E-state index contributed by atoms with van der Waals surface area (Å²) in [6, 6.07) is 14.5. The van der Waals surface area contributed by atoms with Gasteiger partial charge in [-0.25, -0.2) is 4.79 Å². The number of aldehydes is 1. The lowest BCUT2D eigenvalue weighted by Gasteiger charge is -2.18. The fraction of sp³-hybridized carbons (Fsp3) is 0.200. The Balaban J connectivity index is 1.98. The van der Waals surface area contributed by atoms with Crippen molar-refractivity contribution in [2.75, 3.05) is 0 Å². The van der Waals surface area contributed by atoms with Crippen LogP contribution in [-0.2, 0) is 10.2 Å². The summed E-state index contributed by atoms with van der Waals surface area (Å²) in [6.07, 6.45) is 3.85. The molecule has 0 radical (unpaired) electrons. The molecule has 0 unspecified atom stereocenters. The average molecular weight is 308 g/mol. The van der Waals surface area contributed by atoms with Crippen LogP contribution in [-0.4, -0.2) is 12.3 Å². The number of carbonyl (C=O) groups is 2. The smallest absolute Gasteiger partial charge is 0.336 e. The van der Waals surface area contributed by atoms with Gasteiger partial charge in [0.2, 0.25) is 0 Å². The highest BCUT2D eigenvalue weighted by Gasteiger charge is 2.12. The summed E-state index contributed by atoms with van der Waals surface area (Å²) in [5.74, 6) is -0.0444. The molecule has 23 heavy (non-hydrogen) atoms. The second-order valence-electron chi connectivity index (χ2n) is 6.31. The van der Waals surface area contributed by atoms with Crippen LogP contribution < -0.4 is 4.74 Å². The summed E-state index contributed by atoms with van der Waals surface area (Å²) < 4.78 is 5.17. The predicted molar refractivity (Wildman–Crippen MR) is 91.6 cm³/mol. The minimum atomic E-state index is -0.455. The van der Waals surface area contributed by atoms with Crippen LogP contribution in [0.15, 0.2) is 54.6 Å². The topological polar surface area (TPSA) is 43.4 Å². The number of rotatable bonds is 4. The molecule has 118 valence electrons. The van der Waals surface area contributed by atoms with Crippen LogP contribution in [0.25, 0.3) is 6.08 Å². The van der Waals surface area contributed by atoms with E-state index < -0.39 is 5.97 Å². The molecule has 3 heteroatoms. The first-order valence-electron chi connectivity index (χ1n) is 7.44. The standard InChI is InChI=1S/C20H20O3/c1-20(2,3)17-9-4-15(5-10-17)8-13-19(22)23-18-11-6-16(14-21)7-12-18/h4-14H,1-3H3/b13-8+. The van der Waals surface area contributed by atoms with Crippen LogP contribution >= 0.6 is 0 Å². The van der Waals surface area contributed by atoms with Gasteiger partial charge in [0.25, 0.3) is 0 Å². The van der Waals surface area contributed by atoms with Gasteiger partial charge in [-0.15, -0.1) is 0 Å². The summed E-state index contributed by atoms with van der Waals surface area (Å²) >= 11 is 0. The third-order valence-electron chi connectivity index (χ3n) is 3.42. The van der Waals surface area contributed by atoms with Crippen molar-refractivity contribution in [2.24, 2.45) is 0 Å². The second kappa shape index (κ2) is 7.05. The van der Waals surface area contributed by atoms with E-state index in [0.717, 1.165) is 11.8 Å². The molecule has 0 atom stereocenters. The van der Waals surface area contributed by atoms with Crippen molar-refractivity contribution in [3.63, 3.8) is 0 Å². The van der Waals surface area contributed by atoms with Gasteiger partial charge in [-0.05, 0) is 46.9 Å². The molecular formula is C20H20O3. The molecular weight excluding hydrogens is 288 g/mol. The van der Waals surface area contributed by atoms with Gasteiger partial charge < -0.3 is 4.74 Å². The number of esters is 1. The maximum absolute atomic E-state index is 11.8. The molecule has 2 aromatic carbocycles. The Labute approximate surface area is 136 Å². The monoisotopic (exact) mass is 308 g/mol. The molecule has 0 fully saturated rings. The SMILES string of the molecule is CC(C)(C)c1ccc(/C=C/C(=O)Oc2ccc(C=O)cc2)cc1. The van der Waals surface area contributed by atoms with Crippen LogP contribution in [0.5, 0.6) is 5.75 Å². The van der Waals surface area contributed by atoms with Crippen molar-refractivity contribution in [3.05, 3.63) is 71.3 Å². The second-order valence-corrected chi connectivity index (χ2v) is 6.31. The number of benzene rings is 2. The summed E-state index contributed by atoms with van der Waals surface area (Å²) in [5.41, 5.74) is 2.83. The number of ether oxygens (including phenoxy) is 1. The summed E-state index contributed by atoms with van der Waals surface area (Å²) in [7, 11) is 0. The van der Waals surface area contributed by atoms with E-state index in [-0.39, 0.29) is 5.41 Å². The van der Waals surface area contributed by atoms with Crippen LogP contribution in [0.1, 0.15) is 42.3 Å². The Morgan fingerprint density at radius 1 is 0.913 bits per heavy atom. The van der Waals surface area contributed by atoms with Crippen LogP contribution in [0, 0.1) is 0 Å². The van der Waals surface area contributed by atoms with E-state index in [2.05, 4.69) is 32.9 Å². The molecule has 0 amide bonds. The van der Waals surface area contributed by atoms with E-state index in [1.807, 2.05) is 12.1 Å². The molecule has 0 saturated carbocycles. The van der Waals surface area contributed by atoms with Crippen LogP contribution in [0.3, 0.4) is 0 Å². The first-order chi connectivity index (χ1) is 10.9. The lowest BCUT2D eigenvalue weighted by molar-refractivity contribution is -0.128. The van der Waals surface area contributed by atoms with Crippen molar-refractivity contribution in [2.45, 2.75) is 26.2 Å². The van der Waals surface area contributed by atoms with Gasteiger partial charge in [0, 0.05) is 11.6 Å². The lowest BCUT2D eigenvalue weighted by atomic mass is 9.87. The van der Waals surface area contributed by atoms with Gasteiger partial charge in [0.15, 0.2) is 0 Å². The Kier molecular flexibility index (Phi) is 5.12. The molecule has 0 aliphatic rings. The van der Waals surface area contributed by atoms with Crippen molar-refractivity contribution < 1.29 is 14.3 Å². The Bertz CT molecular complexity index is 702. The highest BCUT2D eigenvalue weighted by molar-refractivity contribution is 5.88. The molecule has 3 nitrogen and oxygen atoms in total.